The second kappa shape index (κ2) is 8.39. The fraction of sp³-hybridized carbons (Fsp3) is 0.143. The highest BCUT2D eigenvalue weighted by Gasteiger charge is 2.15. The molecule has 3 aromatic rings. The minimum atomic E-state index is -0.427. The average molecular weight is 390 g/mol. The molecule has 146 valence electrons. The summed E-state index contributed by atoms with van der Waals surface area (Å²) in [5, 5.41) is 5.52. The van der Waals surface area contributed by atoms with Crippen molar-refractivity contribution in [3.63, 3.8) is 0 Å². The molecule has 29 heavy (non-hydrogen) atoms. The molecule has 2 N–H and O–H groups in total. The van der Waals surface area contributed by atoms with Gasteiger partial charge in [-0.2, -0.15) is 0 Å². The van der Waals surface area contributed by atoms with Crippen LogP contribution in [-0.2, 0) is 6.54 Å². The summed E-state index contributed by atoms with van der Waals surface area (Å²) in [4.78, 5) is 33.1. The number of carbonyl (C=O) groups is 2. The minimum Gasteiger partial charge on any atom is -0.486 e. The van der Waals surface area contributed by atoms with E-state index in [-0.39, 0.29) is 17.3 Å². The van der Waals surface area contributed by atoms with Crippen LogP contribution in [0.1, 0.15) is 26.5 Å². The molecule has 0 saturated carbocycles. The number of aromatic nitrogens is 2. The Morgan fingerprint density at radius 2 is 1.72 bits per heavy atom. The van der Waals surface area contributed by atoms with E-state index in [9.17, 15) is 9.59 Å². The molecule has 0 spiro atoms. The lowest BCUT2D eigenvalue weighted by molar-refractivity contribution is 0.0945. The van der Waals surface area contributed by atoms with Crippen molar-refractivity contribution in [2.24, 2.45) is 0 Å². The van der Waals surface area contributed by atoms with Crippen LogP contribution in [-0.4, -0.2) is 35.0 Å². The van der Waals surface area contributed by atoms with Gasteiger partial charge in [0.2, 0.25) is 0 Å². The standard InChI is InChI=1S/C21H18N4O4/c26-20(23-13-14-3-2-8-22-12-14)16-4-1-5-17(25-16)21(27)24-15-6-7-18-19(11-15)29-10-9-28-18/h1-8,11-12H,9-10,13H2,(H,23,26)(H,24,27). The van der Waals surface area contributed by atoms with Crippen LogP contribution in [0.15, 0.2) is 60.9 Å². The summed E-state index contributed by atoms with van der Waals surface area (Å²) < 4.78 is 11.0. The van der Waals surface area contributed by atoms with Gasteiger partial charge in [-0.1, -0.05) is 12.1 Å². The van der Waals surface area contributed by atoms with Gasteiger partial charge in [0.25, 0.3) is 11.8 Å². The first-order chi connectivity index (χ1) is 14.2. The van der Waals surface area contributed by atoms with Crippen LogP contribution in [0.25, 0.3) is 0 Å². The van der Waals surface area contributed by atoms with Gasteiger partial charge in [-0.25, -0.2) is 4.98 Å². The van der Waals surface area contributed by atoms with Crippen molar-refractivity contribution in [1.82, 2.24) is 15.3 Å². The predicted molar refractivity (Wildman–Crippen MR) is 105 cm³/mol. The van der Waals surface area contributed by atoms with Gasteiger partial charge in [0.15, 0.2) is 11.5 Å². The number of amides is 2. The van der Waals surface area contributed by atoms with Crippen LogP contribution in [0.4, 0.5) is 5.69 Å². The number of pyridine rings is 2. The predicted octanol–water partition coefficient (Wildman–Crippen LogP) is 2.43. The maximum absolute atomic E-state index is 12.6. The first-order valence-corrected chi connectivity index (χ1v) is 9.04. The molecule has 0 atom stereocenters. The lowest BCUT2D eigenvalue weighted by Gasteiger charge is -2.19. The Morgan fingerprint density at radius 1 is 0.931 bits per heavy atom. The zero-order valence-electron chi connectivity index (χ0n) is 15.4. The van der Waals surface area contributed by atoms with Crippen LogP contribution >= 0.6 is 0 Å². The second-order valence-corrected chi connectivity index (χ2v) is 6.26. The molecular weight excluding hydrogens is 372 g/mol. The molecule has 4 rings (SSSR count). The molecular formula is C21H18N4O4. The Morgan fingerprint density at radius 3 is 2.52 bits per heavy atom. The summed E-state index contributed by atoms with van der Waals surface area (Å²) in [5.41, 5.74) is 1.71. The maximum atomic E-state index is 12.6. The van der Waals surface area contributed by atoms with E-state index >= 15 is 0 Å². The minimum absolute atomic E-state index is 0.133. The molecule has 0 bridgehead atoms. The van der Waals surface area contributed by atoms with Crippen LogP contribution < -0.4 is 20.1 Å². The highest BCUT2D eigenvalue weighted by molar-refractivity contribution is 6.04. The van der Waals surface area contributed by atoms with Crippen molar-refractivity contribution < 1.29 is 19.1 Å². The number of nitrogens with one attached hydrogen (secondary N) is 2. The zero-order chi connectivity index (χ0) is 20.1. The zero-order valence-corrected chi connectivity index (χ0v) is 15.4. The van der Waals surface area contributed by atoms with Crippen LogP contribution in [0.2, 0.25) is 0 Å². The molecule has 8 nitrogen and oxygen atoms in total. The van der Waals surface area contributed by atoms with E-state index in [0.29, 0.717) is 36.9 Å². The van der Waals surface area contributed by atoms with Gasteiger partial charge in [0.05, 0.1) is 0 Å². The van der Waals surface area contributed by atoms with Crippen molar-refractivity contribution in [2.45, 2.75) is 6.54 Å². The fourth-order valence-corrected chi connectivity index (χ4v) is 2.78. The van der Waals surface area contributed by atoms with Gasteiger partial charge in [-0.05, 0) is 35.9 Å². The van der Waals surface area contributed by atoms with E-state index in [2.05, 4.69) is 20.6 Å². The first kappa shape index (κ1) is 18.4. The lowest BCUT2D eigenvalue weighted by Crippen LogP contribution is -2.25. The SMILES string of the molecule is O=C(NCc1cccnc1)c1cccc(C(=O)Nc2ccc3c(c2)OCCO3)n1. The normalized spacial score (nSPS) is 12.1. The largest absolute Gasteiger partial charge is 0.486 e. The number of nitrogens with zero attached hydrogens (tertiary/aromatic N) is 2. The molecule has 1 aliphatic heterocycles. The summed E-state index contributed by atoms with van der Waals surface area (Å²) in [6.07, 6.45) is 3.33. The van der Waals surface area contributed by atoms with Crippen molar-refractivity contribution in [3.8, 4) is 11.5 Å². The highest BCUT2D eigenvalue weighted by Crippen LogP contribution is 2.32. The van der Waals surface area contributed by atoms with Crippen molar-refractivity contribution >= 4 is 17.5 Å². The van der Waals surface area contributed by atoms with E-state index in [0.717, 1.165) is 5.56 Å². The number of hydrogen-bond donors (Lipinski definition) is 2. The molecule has 0 fully saturated rings. The van der Waals surface area contributed by atoms with Gasteiger partial charge in [0.1, 0.15) is 24.6 Å². The van der Waals surface area contributed by atoms with Gasteiger partial charge >= 0.3 is 0 Å². The highest BCUT2D eigenvalue weighted by atomic mass is 16.6. The third-order valence-electron chi connectivity index (χ3n) is 4.19. The smallest absolute Gasteiger partial charge is 0.274 e. The Balaban J connectivity index is 1.42. The van der Waals surface area contributed by atoms with Crippen molar-refractivity contribution in [3.05, 3.63) is 77.9 Å². The molecule has 0 unspecified atom stereocenters. The van der Waals surface area contributed by atoms with Gasteiger partial charge in [0, 0.05) is 30.7 Å². The maximum Gasteiger partial charge on any atom is 0.274 e. The van der Waals surface area contributed by atoms with Crippen molar-refractivity contribution in [2.75, 3.05) is 18.5 Å². The number of anilines is 1. The Hall–Kier alpha value is -3.94. The lowest BCUT2D eigenvalue weighted by atomic mass is 10.2. The third-order valence-corrected chi connectivity index (χ3v) is 4.19. The molecule has 0 radical (unpaired) electrons. The second-order valence-electron chi connectivity index (χ2n) is 6.26. The number of carbonyl (C=O) groups excluding carboxylic acids is 2. The fourth-order valence-electron chi connectivity index (χ4n) is 2.78. The average Bonchev–Trinajstić information content (AvgIpc) is 2.78. The van der Waals surface area contributed by atoms with Crippen LogP contribution in [0, 0.1) is 0 Å². The first-order valence-electron chi connectivity index (χ1n) is 9.04. The van der Waals surface area contributed by atoms with Crippen LogP contribution in [0.5, 0.6) is 11.5 Å². The summed E-state index contributed by atoms with van der Waals surface area (Å²) in [7, 11) is 0. The van der Waals surface area contributed by atoms with E-state index in [1.54, 1.807) is 54.9 Å². The molecule has 3 heterocycles. The van der Waals surface area contributed by atoms with Crippen molar-refractivity contribution in [1.29, 1.82) is 0 Å². The van der Waals surface area contributed by atoms with E-state index in [4.69, 9.17) is 9.47 Å². The number of fused-ring (bicyclic) bond motifs is 1. The Labute approximate surface area is 166 Å². The molecule has 1 aliphatic rings. The van der Waals surface area contributed by atoms with E-state index < -0.39 is 5.91 Å². The Bertz CT molecular complexity index is 1040. The number of ether oxygens (including phenoxy) is 2. The van der Waals surface area contributed by atoms with Gasteiger partial charge in [-0.15, -0.1) is 0 Å². The Kier molecular flexibility index (Phi) is 5.33. The van der Waals surface area contributed by atoms with E-state index in [1.807, 2.05) is 6.07 Å². The monoisotopic (exact) mass is 390 g/mol. The summed E-state index contributed by atoms with van der Waals surface area (Å²) in [6.45, 7) is 1.28. The molecule has 0 aliphatic carbocycles. The third kappa shape index (κ3) is 4.49. The van der Waals surface area contributed by atoms with Crippen LogP contribution in [0.3, 0.4) is 0 Å². The topological polar surface area (TPSA) is 102 Å². The summed E-state index contributed by atoms with van der Waals surface area (Å²) >= 11 is 0. The number of benzene rings is 1. The van der Waals surface area contributed by atoms with E-state index in [1.165, 1.54) is 0 Å². The van der Waals surface area contributed by atoms with Gasteiger partial charge in [-0.3, -0.25) is 14.6 Å². The molecule has 0 saturated heterocycles. The quantitative estimate of drug-likeness (QED) is 0.694. The molecule has 2 amide bonds. The molecule has 8 heteroatoms. The summed E-state index contributed by atoms with van der Waals surface area (Å²) in [5.74, 6) is 0.414. The molecule has 1 aromatic carbocycles. The number of hydrogen-bond acceptors (Lipinski definition) is 6. The number of rotatable bonds is 5. The van der Waals surface area contributed by atoms with Gasteiger partial charge < -0.3 is 20.1 Å². The molecule has 2 aromatic heterocycles. The summed E-state index contributed by atoms with van der Waals surface area (Å²) in [6, 6.07) is 13.5.